The van der Waals surface area contributed by atoms with Crippen LogP contribution in [-0.4, -0.2) is 21.7 Å². The van der Waals surface area contributed by atoms with Gasteiger partial charge in [-0.15, -0.1) is 0 Å². The standard InChI is InChI=1S/C20H31N3O/c1-13-4-15(3)23(22-13)12-14(2)21-19(24)11-20-8-16-5-17(9-20)7-18(6-16)10-20/h4,14,16-18H,5-12H2,1-3H3,(H,21,24). The van der Waals surface area contributed by atoms with Gasteiger partial charge in [-0.3, -0.25) is 9.48 Å². The molecule has 4 nitrogen and oxygen atoms in total. The SMILES string of the molecule is Cc1cc(C)n(CC(C)NC(=O)CC23CC4CC(CC(C4)C2)C3)n1. The molecule has 0 radical (unpaired) electrons. The minimum Gasteiger partial charge on any atom is -0.352 e. The zero-order valence-corrected chi connectivity index (χ0v) is 15.3. The fraction of sp³-hybridized carbons (Fsp3) is 0.800. The number of hydrogen-bond acceptors (Lipinski definition) is 2. The lowest BCUT2D eigenvalue weighted by Crippen LogP contribution is -2.48. The van der Waals surface area contributed by atoms with E-state index >= 15 is 0 Å². The van der Waals surface area contributed by atoms with Gasteiger partial charge in [0.1, 0.15) is 0 Å². The molecule has 1 aromatic rings. The van der Waals surface area contributed by atoms with E-state index in [9.17, 15) is 4.79 Å². The van der Waals surface area contributed by atoms with Gasteiger partial charge < -0.3 is 5.32 Å². The zero-order chi connectivity index (χ0) is 16.9. The highest BCUT2D eigenvalue weighted by atomic mass is 16.1. The first-order valence-corrected chi connectivity index (χ1v) is 9.71. The molecule has 24 heavy (non-hydrogen) atoms. The predicted molar refractivity (Wildman–Crippen MR) is 94.5 cm³/mol. The van der Waals surface area contributed by atoms with E-state index in [-0.39, 0.29) is 11.9 Å². The normalized spacial score (nSPS) is 35.2. The number of amides is 1. The Kier molecular flexibility index (Phi) is 3.97. The minimum atomic E-state index is 0.129. The van der Waals surface area contributed by atoms with Crippen molar-refractivity contribution in [3.8, 4) is 0 Å². The van der Waals surface area contributed by atoms with Crippen molar-refractivity contribution >= 4 is 5.91 Å². The van der Waals surface area contributed by atoms with Crippen LogP contribution >= 0.6 is 0 Å². The molecule has 4 aliphatic carbocycles. The second kappa shape index (κ2) is 5.89. The van der Waals surface area contributed by atoms with Crippen LogP contribution in [0.1, 0.15) is 63.3 Å². The van der Waals surface area contributed by atoms with Gasteiger partial charge in [0, 0.05) is 18.2 Å². The first-order valence-electron chi connectivity index (χ1n) is 9.71. The van der Waals surface area contributed by atoms with Gasteiger partial charge in [-0.1, -0.05) is 0 Å². The lowest BCUT2D eigenvalue weighted by Gasteiger charge is -2.56. The third-order valence-electron chi connectivity index (χ3n) is 6.66. The summed E-state index contributed by atoms with van der Waals surface area (Å²) in [5, 5.41) is 7.74. The van der Waals surface area contributed by atoms with Gasteiger partial charge in [-0.05, 0) is 88.5 Å². The monoisotopic (exact) mass is 329 g/mol. The summed E-state index contributed by atoms with van der Waals surface area (Å²) in [6, 6.07) is 2.22. The highest BCUT2D eigenvalue weighted by molar-refractivity contribution is 5.77. The Balaban J connectivity index is 1.34. The Morgan fingerprint density at radius 3 is 2.33 bits per heavy atom. The van der Waals surface area contributed by atoms with Crippen LogP contribution in [0, 0.1) is 37.0 Å². The van der Waals surface area contributed by atoms with Crippen LogP contribution < -0.4 is 5.32 Å². The predicted octanol–water partition coefficient (Wildman–Crippen LogP) is 3.61. The van der Waals surface area contributed by atoms with Crippen molar-refractivity contribution < 1.29 is 4.79 Å². The summed E-state index contributed by atoms with van der Waals surface area (Å²) in [5.41, 5.74) is 2.53. The number of aromatic nitrogens is 2. The van der Waals surface area contributed by atoms with Crippen molar-refractivity contribution in [1.29, 1.82) is 0 Å². The van der Waals surface area contributed by atoms with Gasteiger partial charge in [0.25, 0.3) is 0 Å². The number of aryl methyl sites for hydroxylation is 2. The van der Waals surface area contributed by atoms with Crippen molar-refractivity contribution in [2.24, 2.45) is 23.2 Å². The summed E-state index contributed by atoms with van der Waals surface area (Å²) in [6.07, 6.45) is 8.98. The largest absolute Gasteiger partial charge is 0.352 e. The molecule has 132 valence electrons. The summed E-state index contributed by atoms with van der Waals surface area (Å²) < 4.78 is 2.00. The topological polar surface area (TPSA) is 46.9 Å². The fourth-order valence-corrected chi connectivity index (χ4v) is 6.34. The molecule has 1 N–H and O–H groups in total. The van der Waals surface area contributed by atoms with E-state index in [2.05, 4.69) is 30.3 Å². The lowest BCUT2D eigenvalue weighted by atomic mass is 9.49. The second-order valence-corrected chi connectivity index (χ2v) is 9.17. The van der Waals surface area contributed by atoms with E-state index in [4.69, 9.17) is 0 Å². The molecule has 4 aliphatic rings. The minimum absolute atomic E-state index is 0.129. The maximum atomic E-state index is 12.7. The van der Waals surface area contributed by atoms with Crippen LogP contribution in [-0.2, 0) is 11.3 Å². The second-order valence-electron chi connectivity index (χ2n) is 9.17. The van der Waals surface area contributed by atoms with Gasteiger partial charge in [0.2, 0.25) is 5.91 Å². The third kappa shape index (κ3) is 3.12. The van der Waals surface area contributed by atoms with E-state index in [1.165, 1.54) is 38.5 Å². The van der Waals surface area contributed by atoms with Crippen molar-refractivity contribution in [2.75, 3.05) is 0 Å². The van der Waals surface area contributed by atoms with Gasteiger partial charge in [0.15, 0.2) is 0 Å². The molecular formula is C20H31N3O. The molecule has 4 bridgehead atoms. The first-order chi connectivity index (χ1) is 11.4. The first kappa shape index (κ1) is 16.2. The number of nitrogens with zero attached hydrogens (tertiary/aromatic N) is 2. The number of carbonyl (C=O) groups is 1. The molecule has 1 unspecified atom stereocenters. The van der Waals surface area contributed by atoms with Crippen LogP contribution in [0.2, 0.25) is 0 Å². The molecule has 0 spiro atoms. The molecule has 4 saturated carbocycles. The summed E-state index contributed by atoms with van der Waals surface area (Å²) in [6.45, 7) is 6.93. The Morgan fingerprint density at radius 2 is 1.83 bits per heavy atom. The highest BCUT2D eigenvalue weighted by Gasteiger charge is 2.51. The zero-order valence-electron chi connectivity index (χ0n) is 15.3. The average Bonchev–Trinajstić information content (AvgIpc) is 2.73. The third-order valence-corrected chi connectivity index (χ3v) is 6.66. The van der Waals surface area contributed by atoms with E-state index in [1.807, 2.05) is 11.6 Å². The molecule has 1 amide bonds. The number of hydrogen-bond donors (Lipinski definition) is 1. The fourth-order valence-electron chi connectivity index (χ4n) is 6.34. The van der Waals surface area contributed by atoms with Gasteiger partial charge >= 0.3 is 0 Å². The van der Waals surface area contributed by atoms with Crippen LogP contribution in [0.5, 0.6) is 0 Å². The van der Waals surface area contributed by atoms with Crippen molar-refractivity contribution in [1.82, 2.24) is 15.1 Å². The number of nitrogens with one attached hydrogen (secondary N) is 1. The van der Waals surface area contributed by atoms with Gasteiger partial charge in [0.05, 0.1) is 12.2 Å². The molecular weight excluding hydrogens is 298 g/mol. The van der Waals surface area contributed by atoms with Crippen LogP contribution in [0.4, 0.5) is 0 Å². The molecule has 4 heteroatoms. The highest BCUT2D eigenvalue weighted by Crippen LogP contribution is 2.61. The van der Waals surface area contributed by atoms with E-state index in [0.717, 1.165) is 42.1 Å². The molecule has 5 rings (SSSR count). The van der Waals surface area contributed by atoms with Crippen molar-refractivity contribution in [3.05, 3.63) is 17.5 Å². The van der Waals surface area contributed by atoms with Gasteiger partial charge in [-0.2, -0.15) is 5.10 Å². The summed E-state index contributed by atoms with van der Waals surface area (Å²) in [5.74, 6) is 2.99. The quantitative estimate of drug-likeness (QED) is 0.897. The van der Waals surface area contributed by atoms with Gasteiger partial charge in [-0.25, -0.2) is 0 Å². The molecule has 0 aromatic carbocycles. The summed E-state index contributed by atoms with van der Waals surface area (Å²) in [4.78, 5) is 12.7. The Morgan fingerprint density at radius 1 is 1.25 bits per heavy atom. The average molecular weight is 329 g/mol. The summed E-state index contributed by atoms with van der Waals surface area (Å²) in [7, 11) is 0. The van der Waals surface area contributed by atoms with Crippen molar-refractivity contribution in [2.45, 2.75) is 78.3 Å². The lowest BCUT2D eigenvalue weighted by molar-refractivity contribution is -0.130. The molecule has 4 fully saturated rings. The molecule has 1 heterocycles. The Bertz CT molecular complexity index is 598. The molecule has 0 saturated heterocycles. The molecule has 0 aliphatic heterocycles. The number of carbonyl (C=O) groups excluding carboxylic acids is 1. The smallest absolute Gasteiger partial charge is 0.220 e. The molecule has 1 atom stereocenters. The maximum Gasteiger partial charge on any atom is 0.220 e. The van der Waals surface area contributed by atoms with Crippen LogP contribution in [0.3, 0.4) is 0 Å². The molecule has 1 aromatic heterocycles. The van der Waals surface area contributed by atoms with E-state index < -0.39 is 0 Å². The van der Waals surface area contributed by atoms with E-state index in [0.29, 0.717) is 5.41 Å². The maximum absolute atomic E-state index is 12.7. The Hall–Kier alpha value is -1.32. The number of rotatable bonds is 5. The van der Waals surface area contributed by atoms with E-state index in [1.54, 1.807) is 0 Å². The van der Waals surface area contributed by atoms with Crippen LogP contribution in [0.25, 0.3) is 0 Å². The summed E-state index contributed by atoms with van der Waals surface area (Å²) >= 11 is 0. The van der Waals surface area contributed by atoms with Crippen molar-refractivity contribution in [3.63, 3.8) is 0 Å². The Labute approximate surface area is 145 Å². The van der Waals surface area contributed by atoms with Crippen LogP contribution in [0.15, 0.2) is 6.07 Å².